The van der Waals surface area contributed by atoms with E-state index in [1.165, 1.54) is 0 Å². The van der Waals surface area contributed by atoms with Crippen molar-refractivity contribution >= 4 is 5.69 Å². The van der Waals surface area contributed by atoms with Gasteiger partial charge in [-0.25, -0.2) is 0 Å². The van der Waals surface area contributed by atoms with Crippen molar-refractivity contribution in [3.63, 3.8) is 0 Å². The van der Waals surface area contributed by atoms with Crippen LogP contribution < -0.4 is 11.5 Å². The summed E-state index contributed by atoms with van der Waals surface area (Å²) >= 11 is 0. The highest BCUT2D eigenvalue weighted by atomic mass is 16.3. The fraction of sp³-hybridized carbons (Fsp3) is 0.400. The smallest absolute Gasteiger partial charge is 0.0940 e. The maximum absolute atomic E-state index is 9.70. The molecule has 0 aliphatic rings. The number of benzene rings is 1. The summed E-state index contributed by atoms with van der Waals surface area (Å²) in [5, 5.41) is 9.70. The molecule has 13 heavy (non-hydrogen) atoms. The van der Waals surface area contributed by atoms with Crippen molar-refractivity contribution in [3.05, 3.63) is 29.3 Å². The minimum atomic E-state index is -0.611. The third-order valence-electron chi connectivity index (χ3n) is 2.11. The normalized spacial score (nSPS) is 15.4. The second-order valence-corrected chi connectivity index (χ2v) is 3.42. The summed E-state index contributed by atoms with van der Waals surface area (Å²) in [7, 11) is 0. The minimum absolute atomic E-state index is 0.262. The number of aliphatic hydroxyl groups is 1. The second kappa shape index (κ2) is 3.77. The van der Waals surface area contributed by atoms with E-state index in [1.807, 2.05) is 19.1 Å². The Morgan fingerprint density at radius 1 is 1.38 bits per heavy atom. The van der Waals surface area contributed by atoms with Gasteiger partial charge < -0.3 is 16.6 Å². The van der Waals surface area contributed by atoms with Crippen LogP contribution in [-0.4, -0.2) is 11.1 Å². The second-order valence-electron chi connectivity index (χ2n) is 3.42. The summed E-state index contributed by atoms with van der Waals surface area (Å²) in [6.07, 6.45) is -0.611. The van der Waals surface area contributed by atoms with E-state index < -0.39 is 6.10 Å². The standard InChI is InChI=1S/C10H16N2O/c1-6-5-8(12)3-4-9(6)10(13)7(2)11/h3-5,7,10,13H,11-12H2,1-2H3. The molecular weight excluding hydrogens is 164 g/mol. The minimum Gasteiger partial charge on any atom is -0.399 e. The van der Waals surface area contributed by atoms with Crippen LogP contribution in [0.4, 0.5) is 5.69 Å². The van der Waals surface area contributed by atoms with Crippen LogP contribution in [0.5, 0.6) is 0 Å². The molecular formula is C10H16N2O. The summed E-state index contributed by atoms with van der Waals surface area (Å²) in [6.45, 7) is 3.69. The highest BCUT2D eigenvalue weighted by molar-refractivity contribution is 5.45. The van der Waals surface area contributed by atoms with Gasteiger partial charge in [-0.2, -0.15) is 0 Å². The SMILES string of the molecule is Cc1cc(N)ccc1C(O)C(C)N. The van der Waals surface area contributed by atoms with E-state index in [0.717, 1.165) is 11.1 Å². The maximum atomic E-state index is 9.70. The molecule has 0 saturated carbocycles. The van der Waals surface area contributed by atoms with E-state index in [-0.39, 0.29) is 6.04 Å². The highest BCUT2D eigenvalue weighted by Gasteiger charge is 2.14. The van der Waals surface area contributed by atoms with Gasteiger partial charge in [-0.05, 0) is 37.1 Å². The number of nitrogens with two attached hydrogens (primary N) is 2. The third kappa shape index (κ3) is 2.20. The zero-order chi connectivity index (χ0) is 10.0. The summed E-state index contributed by atoms with van der Waals surface area (Å²) in [5.74, 6) is 0. The van der Waals surface area contributed by atoms with Gasteiger partial charge >= 0.3 is 0 Å². The van der Waals surface area contributed by atoms with Gasteiger partial charge in [0.05, 0.1) is 6.10 Å². The van der Waals surface area contributed by atoms with Crippen LogP contribution in [0, 0.1) is 6.92 Å². The summed E-state index contributed by atoms with van der Waals surface area (Å²) < 4.78 is 0. The zero-order valence-electron chi connectivity index (χ0n) is 7.99. The molecule has 1 aromatic rings. The number of hydrogen-bond acceptors (Lipinski definition) is 3. The lowest BCUT2D eigenvalue weighted by atomic mass is 9.99. The highest BCUT2D eigenvalue weighted by Crippen LogP contribution is 2.21. The molecule has 0 fully saturated rings. The topological polar surface area (TPSA) is 72.3 Å². The maximum Gasteiger partial charge on any atom is 0.0940 e. The third-order valence-corrected chi connectivity index (χ3v) is 2.11. The Kier molecular flexibility index (Phi) is 2.90. The predicted molar refractivity (Wildman–Crippen MR) is 54.2 cm³/mol. The molecule has 0 bridgehead atoms. The van der Waals surface area contributed by atoms with Crippen molar-refractivity contribution in [1.29, 1.82) is 0 Å². The fourth-order valence-electron chi connectivity index (χ4n) is 1.31. The Hall–Kier alpha value is -1.06. The van der Waals surface area contributed by atoms with E-state index in [9.17, 15) is 5.11 Å². The molecule has 1 rings (SSSR count). The molecule has 0 spiro atoms. The summed E-state index contributed by atoms with van der Waals surface area (Å²) in [4.78, 5) is 0. The van der Waals surface area contributed by atoms with Gasteiger partial charge in [-0.15, -0.1) is 0 Å². The van der Waals surface area contributed by atoms with Gasteiger partial charge in [0.25, 0.3) is 0 Å². The van der Waals surface area contributed by atoms with Crippen LogP contribution in [0.15, 0.2) is 18.2 Å². The van der Waals surface area contributed by atoms with Gasteiger partial charge in [-0.1, -0.05) is 6.07 Å². The lowest BCUT2D eigenvalue weighted by Crippen LogP contribution is -2.24. The van der Waals surface area contributed by atoms with Crippen molar-refractivity contribution < 1.29 is 5.11 Å². The number of anilines is 1. The number of aryl methyl sites for hydroxylation is 1. The summed E-state index contributed by atoms with van der Waals surface area (Å²) in [6, 6.07) is 5.16. The van der Waals surface area contributed by atoms with E-state index >= 15 is 0 Å². The van der Waals surface area contributed by atoms with Crippen molar-refractivity contribution in [2.24, 2.45) is 5.73 Å². The first-order valence-corrected chi connectivity index (χ1v) is 4.32. The quantitative estimate of drug-likeness (QED) is 0.593. The molecule has 0 amide bonds. The van der Waals surface area contributed by atoms with Gasteiger partial charge in [0.1, 0.15) is 0 Å². The molecule has 0 aliphatic carbocycles. The van der Waals surface area contributed by atoms with E-state index in [0.29, 0.717) is 5.69 Å². The largest absolute Gasteiger partial charge is 0.399 e. The molecule has 1 aromatic carbocycles. The van der Waals surface area contributed by atoms with Crippen LogP contribution in [-0.2, 0) is 0 Å². The Labute approximate surface area is 78.4 Å². The number of nitrogen functional groups attached to an aromatic ring is 1. The van der Waals surface area contributed by atoms with Gasteiger partial charge in [-0.3, -0.25) is 0 Å². The first-order valence-electron chi connectivity index (χ1n) is 4.32. The van der Waals surface area contributed by atoms with Crippen LogP contribution in [0.1, 0.15) is 24.2 Å². The number of rotatable bonds is 2. The molecule has 0 saturated heterocycles. The molecule has 0 heterocycles. The average molecular weight is 180 g/mol. The predicted octanol–water partition coefficient (Wildman–Crippen LogP) is 0.958. The first-order chi connectivity index (χ1) is 6.02. The van der Waals surface area contributed by atoms with Crippen molar-refractivity contribution in [3.8, 4) is 0 Å². The Morgan fingerprint density at radius 3 is 2.46 bits per heavy atom. The Balaban J connectivity index is 3.01. The van der Waals surface area contributed by atoms with Crippen LogP contribution >= 0.6 is 0 Å². The molecule has 5 N–H and O–H groups in total. The van der Waals surface area contributed by atoms with Crippen molar-refractivity contribution in [2.45, 2.75) is 26.0 Å². The fourth-order valence-corrected chi connectivity index (χ4v) is 1.31. The van der Waals surface area contributed by atoms with Crippen molar-refractivity contribution in [1.82, 2.24) is 0 Å². The lowest BCUT2D eigenvalue weighted by Gasteiger charge is -2.17. The Bertz CT molecular complexity index is 297. The average Bonchev–Trinajstić information content (AvgIpc) is 2.03. The van der Waals surface area contributed by atoms with Crippen LogP contribution in [0.2, 0.25) is 0 Å². The molecule has 3 nitrogen and oxygen atoms in total. The molecule has 72 valence electrons. The van der Waals surface area contributed by atoms with E-state index in [1.54, 1.807) is 13.0 Å². The van der Waals surface area contributed by atoms with Gasteiger partial charge in [0.15, 0.2) is 0 Å². The van der Waals surface area contributed by atoms with Crippen LogP contribution in [0.3, 0.4) is 0 Å². The van der Waals surface area contributed by atoms with E-state index in [2.05, 4.69) is 0 Å². The Morgan fingerprint density at radius 2 is 2.00 bits per heavy atom. The van der Waals surface area contributed by atoms with Crippen molar-refractivity contribution in [2.75, 3.05) is 5.73 Å². The van der Waals surface area contributed by atoms with Gasteiger partial charge in [0, 0.05) is 11.7 Å². The number of aliphatic hydroxyl groups excluding tert-OH is 1. The molecule has 2 unspecified atom stereocenters. The monoisotopic (exact) mass is 180 g/mol. The zero-order valence-corrected chi connectivity index (χ0v) is 7.99. The molecule has 3 heteroatoms. The lowest BCUT2D eigenvalue weighted by molar-refractivity contribution is 0.152. The molecule has 2 atom stereocenters. The van der Waals surface area contributed by atoms with Gasteiger partial charge in [0.2, 0.25) is 0 Å². The summed E-state index contributed by atoms with van der Waals surface area (Å²) in [5.41, 5.74) is 13.7. The first kappa shape index (κ1) is 10.0. The number of hydrogen-bond donors (Lipinski definition) is 3. The molecule has 0 aliphatic heterocycles. The van der Waals surface area contributed by atoms with Crippen LogP contribution in [0.25, 0.3) is 0 Å². The molecule has 0 aromatic heterocycles. The molecule has 0 radical (unpaired) electrons. The van der Waals surface area contributed by atoms with E-state index in [4.69, 9.17) is 11.5 Å².